The van der Waals surface area contributed by atoms with E-state index in [4.69, 9.17) is 8.92 Å². The largest absolute Gasteiger partial charge is 0.493 e. The molecule has 0 atom stereocenters. The first-order valence-electron chi connectivity index (χ1n) is 6.79. The number of hydrogen-bond acceptors (Lipinski definition) is 6. The number of thiazole rings is 1. The predicted octanol–water partition coefficient (Wildman–Crippen LogP) is 4.35. The fourth-order valence-electron chi connectivity index (χ4n) is 1.95. The Morgan fingerprint density at radius 3 is 2.38 bits per heavy atom. The van der Waals surface area contributed by atoms with Crippen LogP contribution in [0.15, 0.2) is 63.4 Å². The van der Waals surface area contributed by atoms with Gasteiger partial charge in [-0.3, -0.25) is 0 Å². The number of halogens is 1. The average molecular weight is 426 g/mol. The Balaban J connectivity index is 1.89. The number of ether oxygens (including phenoxy) is 1. The van der Waals surface area contributed by atoms with Crippen molar-refractivity contribution in [2.75, 3.05) is 7.11 Å². The number of methoxy groups -OCH3 is 1. The molecule has 0 amide bonds. The van der Waals surface area contributed by atoms with E-state index in [0.29, 0.717) is 10.8 Å². The molecule has 3 aromatic rings. The van der Waals surface area contributed by atoms with Gasteiger partial charge >= 0.3 is 10.1 Å². The summed E-state index contributed by atoms with van der Waals surface area (Å²) in [5.41, 5.74) is 0.835. The van der Waals surface area contributed by atoms with E-state index in [-0.39, 0.29) is 9.96 Å². The highest BCUT2D eigenvalue weighted by atomic mass is 79.9. The summed E-state index contributed by atoms with van der Waals surface area (Å²) in [6.45, 7) is 0. The first-order valence-corrected chi connectivity index (χ1v) is 9.80. The third-order valence-electron chi connectivity index (χ3n) is 3.09. The Morgan fingerprint density at radius 1 is 1.04 bits per heavy atom. The van der Waals surface area contributed by atoms with Crippen molar-refractivity contribution in [1.82, 2.24) is 4.98 Å². The van der Waals surface area contributed by atoms with E-state index >= 15 is 0 Å². The molecule has 0 bridgehead atoms. The van der Waals surface area contributed by atoms with E-state index in [1.54, 1.807) is 18.2 Å². The fourth-order valence-corrected chi connectivity index (χ4v) is 4.25. The van der Waals surface area contributed by atoms with Gasteiger partial charge in [0.25, 0.3) is 0 Å². The molecular weight excluding hydrogens is 414 g/mol. The molecule has 0 aliphatic heterocycles. The average Bonchev–Trinajstić information content (AvgIpc) is 3.07. The molecular formula is C16H12BrNO4S2. The maximum atomic E-state index is 12.5. The van der Waals surface area contributed by atoms with Crippen LogP contribution >= 0.6 is 27.3 Å². The quantitative estimate of drug-likeness (QED) is 0.568. The van der Waals surface area contributed by atoms with Gasteiger partial charge < -0.3 is 8.92 Å². The van der Waals surface area contributed by atoms with Crippen LogP contribution in [0, 0.1) is 0 Å². The number of aromatic nitrogens is 1. The van der Waals surface area contributed by atoms with Crippen LogP contribution in [0.1, 0.15) is 0 Å². The van der Waals surface area contributed by atoms with Crippen molar-refractivity contribution in [2.24, 2.45) is 0 Å². The molecule has 0 saturated carbocycles. The number of nitrogens with zero attached hydrogens (tertiary/aromatic N) is 1. The minimum atomic E-state index is -3.97. The number of benzene rings is 2. The topological polar surface area (TPSA) is 65.5 Å². The second-order valence-corrected chi connectivity index (χ2v) is 8.40. The van der Waals surface area contributed by atoms with Crippen molar-refractivity contribution < 1.29 is 17.3 Å². The Labute approximate surface area is 152 Å². The molecule has 24 heavy (non-hydrogen) atoms. The monoisotopic (exact) mass is 425 g/mol. The van der Waals surface area contributed by atoms with Gasteiger partial charge in [-0.15, -0.1) is 0 Å². The van der Waals surface area contributed by atoms with Gasteiger partial charge in [-0.2, -0.15) is 8.42 Å². The van der Waals surface area contributed by atoms with Crippen molar-refractivity contribution in [3.63, 3.8) is 0 Å². The van der Waals surface area contributed by atoms with Gasteiger partial charge in [-0.1, -0.05) is 51.5 Å². The summed E-state index contributed by atoms with van der Waals surface area (Å²) >= 11 is 4.41. The van der Waals surface area contributed by atoms with Crippen LogP contribution in [0.3, 0.4) is 0 Å². The first-order chi connectivity index (χ1) is 11.5. The molecule has 2 aromatic carbocycles. The summed E-state index contributed by atoms with van der Waals surface area (Å²) in [7, 11) is -2.52. The molecule has 0 saturated heterocycles. The zero-order chi connectivity index (χ0) is 17.2. The molecule has 5 nitrogen and oxygen atoms in total. The summed E-state index contributed by atoms with van der Waals surface area (Å²) in [5, 5.41) is 0.602. The second kappa shape index (κ2) is 6.92. The van der Waals surface area contributed by atoms with E-state index in [0.717, 1.165) is 21.4 Å². The second-order valence-electron chi connectivity index (χ2n) is 4.68. The molecule has 3 rings (SSSR count). The molecule has 0 spiro atoms. The van der Waals surface area contributed by atoms with Gasteiger partial charge in [0.1, 0.15) is 5.01 Å². The maximum Gasteiger partial charge on any atom is 0.350 e. The van der Waals surface area contributed by atoms with Gasteiger partial charge in [0.2, 0.25) is 0 Å². The van der Waals surface area contributed by atoms with Gasteiger partial charge in [0.05, 0.1) is 13.3 Å². The van der Waals surface area contributed by atoms with Crippen LogP contribution in [0.2, 0.25) is 0 Å². The molecule has 0 radical (unpaired) electrons. The Hall–Kier alpha value is -1.90. The lowest BCUT2D eigenvalue weighted by Gasteiger charge is -2.08. The number of para-hydroxylation sites is 2. The molecule has 1 aromatic heterocycles. The number of hydrogen-bond donors (Lipinski definition) is 0. The van der Waals surface area contributed by atoms with Crippen LogP contribution in [-0.4, -0.2) is 20.5 Å². The Kier molecular flexibility index (Phi) is 4.88. The smallest absolute Gasteiger partial charge is 0.350 e. The van der Waals surface area contributed by atoms with Crippen LogP contribution in [0.25, 0.3) is 10.6 Å². The van der Waals surface area contributed by atoms with Crippen LogP contribution in [0.5, 0.6) is 11.5 Å². The molecule has 0 unspecified atom stereocenters. The van der Waals surface area contributed by atoms with E-state index < -0.39 is 10.1 Å². The summed E-state index contributed by atoms with van der Waals surface area (Å²) in [4.78, 5) is 4.18. The third kappa shape index (κ3) is 3.61. The molecule has 0 aliphatic carbocycles. The Bertz CT molecular complexity index is 952. The van der Waals surface area contributed by atoms with Crippen molar-refractivity contribution in [2.45, 2.75) is 4.21 Å². The zero-order valence-electron chi connectivity index (χ0n) is 12.5. The van der Waals surface area contributed by atoms with Crippen molar-refractivity contribution >= 4 is 37.4 Å². The summed E-state index contributed by atoms with van der Waals surface area (Å²) in [6, 6.07) is 14.0. The molecule has 1 heterocycles. The van der Waals surface area contributed by atoms with Gasteiger partial charge in [-0.05, 0) is 24.3 Å². The van der Waals surface area contributed by atoms with Gasteiger partial charge in [0, 0.05) is 10.0 Å². The highest BCUT2D eigenvalue weighted by Crippen LogP contribution is 2.33. The molecule has 0 N–H and O–H groups in total. The maximum absolute atomic E-state index is 12.5. The number of rotatable bonds is 5. The minimum absolute atomic E-state index is 0.0336. The lowest BCUT2D eigenvalue weighted by Crippen LogP contribution is -2.08. The first kappa shape index (κ1) is 16.9. The molecule has 8 heteroatoms. The highest BCUT2D eigenvalue weighted by molar-refractivity contribution is 9.10. The zero-order valence-corrected chi connectivity index (χ0v) is 15.7. The minimum Gasteiger partial charge on any atom is -0.493 e. The highest BCUT2D eigenvalue weighted by Gasteiger charge is 2.22. The Morgan fingerprint density at radius 2 is 1.71 bits per heavy atom. The molecule has 0 fully saturated rings. The van der Waals surface area contributed by atoms with Crippen molar-refractivity contribution in [3.05, 3.63) is 59.2 Å². The van der Waals surface area contributed by atoms with E-state index in [1.807, 2.05) is 24.3 Å². The van der Waals surface area contributed by atoms with E-state index in [2.05, 4.69) is 20.9 Å². The van der Waals surface area contributed by atoms with Gasteiger partial charge in [0.15, 0.2) is 15.7 Å². The molecule has 124 valence electrons. The lowest BCUT2D eigenvalue weighted by molar-refractivity contribution is 0.391. The van der Waals surface area contributed by atoms with Gasteiger partial charge in [-0.25, -0.2) is 4.98 Å². The van der Waals surface area contributed by atoms with Crippen LogP contribution in [-0.2, 0) is 10.1 Å². The van der Waals surface area contributed by atoms with E-state index in [1.165, 1.54) is 19.4 Å². The van der Waals surface area contributed by atoms with Crippen LogP contribution in [0.4, 0.5) is 0 Å². The van der Waals surface area contributed by atoms with E-state index in [9.17, 15) is 8.42 Å². The summed E-state index contributed by atoms with van der Waals surface area (Å²) < 4.78 is 36.2. The standard InChI is InChI=1S/C16H12BrNO4S2/c1-21-13-4-2-3-5-14(13)22-24(19,20)15-10-18-16(23-15)11-6-8-12(17)9-7-11/h2-10H,1H3. The normalized spacial score (nSPS) is 11.2. The summed E-state index contributed by atoms with van der Waals surface area (Å²) in [6.07, 6.45) is 1.30. The van der Waals surface area contributed by atoms with Crippen LogP contribution < -0.4 is 8.92 Å². The fraction of sp³-hybridized carbons (Fsp3) is 0.0625. The van der Waals surface area contributed by atoms with Crippen molar-refractivity contribution in [3.8, 4) is 22.1 Å². The predicted molar refractivity (Wildman–Crippen MR) is 96.1 cm³/mol. The molecule has 0 aliphatic rings. The lowest BCUT2D eigenvalue weighted by atomic mass is 10.2. The SMILES string of the molecule is COc1ccccc1OS(=O)(=O)c1cnc(-c2ccc(Br)cc2)s1. The third-order valence-corrected chi connectivity index (χ3v) is 6.32. The van der Waals surface area contributed by atoms with Crippen molar-refractivity contribution in [1.29, 1.82) is 0 Å². The summed E-state index contributed by atoms with van der Waals surface area (Å²) in [5.74, 6) is 0.484.